The van der Waals surface area contributed by atoms with Crippen LogP contribution in [-0.2, 0) is 0 Å². The topological polar surface area (TPSA) is 62.2 Å². The van der Waals surface area contributed by atoms with Crippen molar-refractivity contribution in [2.24, 2.45) is 0 Å². The molecule has 0 saturated carbocycles. The molecule has 5 heteroatoms. The Labute approximate surface area is 127 Å². The van der Waals surface area contributed by atoms with Gasteiger partial charge in [-0.3, -0.25) is 10.1 Å². The van der Waals surface area contributed by atoms with E-state index in [-0.39, 0.29) is 12.5 Å². The molecule has 1 amide bonds. The number of carbonyl (C=O) groups is 1. The smallest absolute Gasteiger partial charge is 0.257 e. The van der Waals surface area contributed by atoms with Gasteiger partial charge < -0.3 is 5.11 Å². The summed E-state index contributed by atoms with van der Waals surface area (Å²) in [4.78, 5) is 16.3. The summed E-state index contributed by atoms with van der Waals surface area (Å²) in [6.45, 7) is 3.85. The molecule has 2 rings (SSSR count). The minimum Gasteiger partial charge on any atom is -0.395 e. The van der Waals surface area contributed by atoms with E-state index < -0.39 is 0 Å². The van der Waals surface area contributed by atoms with Crippen LogP contribution in [0.1, 0.15) is 33.6 Å². The van der Waals surface area contributed by atoms with Crippen molar-refractivity contribution in [2.75, 3.05) is 11.9 Å². The molecule has 0 saturated heterocycles. The number of hydrogen-bond donors (Lipinski definition) is 2. The maximum absolute atomic E-state index is 12.1. The number of nitrogens with zero attached hydrogens (tertiary/aromatic N) is 1. The van der Waals surface area contributed by atoms with E-state index in [1.165, 1.54) is 11.3 Å². The number of benzene rings is 1. The Kier molecular flexibility index (Phi) is 5.09. The molecule has 108 valence electrons. The van der Waals surface area contributed by atoms with E-state index in [1.807, 2.05) is 25.3 Å². The van der Waals surface area contributed by atoms with E-state index in [2.05, 4.69) is 22.1 Å². The number of carbonyl (C=O) groups excluding carboxylic acids is 1. The van der Waals surface area contributed by atoms with Crippen LogP contribution in [0.25, 0.3) is 0 Å². The van der Waals surface area contributed by atoms with Crippen molar-refractivity contribution in [3.05, 3.63) is 46.0 Å². The van der Waals surface area contributed by atoms with Crippen molar-refractivity contribution in [3.8, 4) is 11.8 Å². The number of aliphatic hydroxyl groups excluding tert-OH is 1. The first-order valence-electron chi connectivity index (χ1n) is 6.54. The number of amides is 1. The van der Waals surface area contributed by atoms with E-state index in [4.69, 9.17) is 5.11 Å². The largest absolute Gasteiger partial charge is 0.395 e. The number of aryl methyl sites for hydroxylation is 2. The van der Waals surface area contributed by atoms with Gasteiger partial charge in [0.2, 0.25) is 0 Å². The maximum Gasteiger partial charge on any atom is 0.257 e. The van der Waals surface area contributed by atoms with Crippen molar-refractivity contribution in [2.45, 2.75) is 20.3 Å². The van der Waals surface area contributed by atoms with Crippen LogP contribution in [0.5, 0.6) is 0 Å². The minimum atomic E-state index is -0.178. The van der Waals surface area contributed by atoms with Gasteiger partial charge in [0.1, 0.15) is 0 Å². The second-order valence-corrected chi connectivity index (χ2v) is 5.41. The van der Waals surface area contributed by atoms with Crippen LogP contribution in [0.3, 0.4) is 0 Å². The first-order chi connectivity index (χ1) is 10.1. The lowest BCUT2D eigenvalue weighted by Crippen LogP contribution is -2.12. The van der Waals surface area contributed by atoms with Crippen LogP contribution in [0.15, 0.2) is 23.6 Å². The van der Waals surface area contributed by atoms with Gasteiger partial charge in [-0.05, 0) is 37.6 Å². The highest BCUT2D eigenvalue weighted by atomic mass is 32.1. The molecule has 1 aromatic carbocycles. The average molecular weight is 300 g/mol. The Hall–Kier alpha value is -2.16. The molecule has 0 spiro atoms. The van der Waals surface area contributed by atoms with Gasteiger partial charge >= 0.3 is 0 Å². The Morgan fingerprint density at radius 1 is 1.43 bits per heavy atom. The lowest BCUT2D eigenvalue weighted by Gasteiger charge is -2.04. The van der Waals surface area contributed by atoms with Crippen LogP contribution >= 0.6 is 11.3 Å². The Balaban J connectivity index is 2.12. The number of thiazole rings is 1. The molecule has 0 bridgehead atoms. The normalized spacial score (nSPS) is 9.86. The number of aliphatic hydroxyl groups is 1. The summed E-state index contributed by atoms with van der Waals surface area (Å²) in [5.41, 5.74) is 3.27. The number of rotatable bonds is 3. The zero-order valence-electron chi connectivity index (χ0n) is 11.9. The number of aromatic nitrogens is 1. The summed E-state index contributed by atoms with van der Waals surface area (Å²) in [5, 5.41) is 14.0. The maximum atomic E-state index is 12.1. The molecule has 1 heterocycles. The lowest BCUT2D eigenvalue weighted by molar-refractivity contribution is 0.102. The molecule has 0 unspecified atom stereocenters. The first-order valence-corrected chi connectivity index (χ1v) is 7.42. The fraction of sp³-hybridized carbons (Fsp3) is 0.250. The van der Waals surface area contributed by atoms with Crippen LogP contribution < -0.4 is 5.32 Å². The highest BCUT2D eigenvalue weighted by Crippen LogP contribution is 2.17. The summed E-state index contributed by atoms with van der Waals surface area (Å²) in [7, 11) is 0. The summed E-state index contributed by atoms with van der Waals surface area (Å²) < 4.78 is 0. The van der Waals surface area contributed by atoms with Crippen LogP contribution in [0.2, 0.25) is 0 Å². The van der Waals surface area contributed by atoms with E-state index in [0.717, 1.165) is 16.8 Å². The Morgan fingerprint density at radius 3 is 2.86 bits per heavy atom. The van der Waals surface area contributed by atoms with Crippen molar-refractivity contribution in [1.82, 2.24) is 4.98 Å². The van der Waals surface area contributed by atoms with E-state index >= 15 is 0 Å². The third-order valence-electron chi connectivity index (χ3n) is 2.79. The summed E-state index contributed by atoms with van der Waals surface area (Å²) in [6, 6.07) is 5.37. The summed E-state index contributed by atoms with van der Waals surface area (Å²) >= 11 is 1.40. The molecule has 0 aliphatic heterocycles. The van der Waals surface area contributed by atoms with Gasteiger partial charge in [-0.2, -0.15) is 0 Å². The SMILES string of the molecule is Cc1csc(NC(=O)c2ccc(C#CCCO)c(C)c2)n1. The van der Waals surface area contributed by atoms with Crippen LogP contribution in [0, 0.1) is 25.7 Å². The highest BCUT2D eigenvalue weighted by molar-refractivity contribution is 7.13. The predicted molar refractivity (Wildman–Crippen MR) is 84.6 cm³/mol. The van der Waals surface area contributed by atoms with Crippen molar-refractivity contribution < 1.29 is 9.90 Å². The zero-order valence-corrected chi connectivity index (χ0v) is 12.8. The second-order valence-electron chi connectivity index (χ2n) is 4.55. The number of anilines is 1. The molecule has 2 aromatic rings. The third-order valence-corrected chi connectivity index (χ3v) is 3.66. The van der Waals surface area contributed by atoms with Gasteiger partial charge in [-0.25, -0.2) is 4.98 Å². The van der Waals surface area contributed by atoms with E-state index in [1.54, 1.807) is 12.1 Å². The first kappa shape index (κ1) is 15.2. The van der Waals surface area contributed by atoms with Crippen LogP contribution in [0.4, 0.5) is 5.13 Å². The molecular weight excluding hydrogens is 284 g/mol. The van der Waals surface area contributed by atoms with E-state index in [0.29, 0.717) is 17.1 Å². The van der Waals surface area contributed by atoms with Crippen molar-refractivity contribution in [1.29, 1.82) is 0 Å². The van der Waals surface area contributed by atoms with Crippen molar-refractivity contribution >= 4 is 22.4 Å². The highest BCUT2D eigenvalue weighted by Gasteiger charge is 2.09. The van der Waals surface area contributed by atoms with Crippen molar-refractivity contribution in [3.63, 3.8) is 0 Å². The van der Waals surface area contributed by atoms with Gasteiger partial charge in [-0.1, -0.05) is 11.8 Å². The fourth-order valence-corrected chi connectivity index (χ4v) is 2.42. The average Bonchev–Trinajstić information content (AvgIpc) is 2.86. The number of hydrogen-bond acceptors (Lipinski definition) is 4. The molecule has 0 aliphatic rings. The molecule has 4 nitrogen and oxygen atoms in total. The fourth-order valence-electron chi connectivity index (χ4n) is 1.74. The van der Waals surface area contributed by atoms with Gasteiger partial charge in [0.05, 0.1) is 12.3 Å². The molecule has 21 heavy (non-hydrogen) atoms. The third kappa shape index (κ3) is 4.15. The molecule has 0 fully saturated rings. The van der Waals surface area contributed by atoms with Gasteiger partial charge in [0.25, 0.3) is 5.91 Å². The summed E-state index contributed by atoms with van der Waals surface area (Å²) in [5.74, 6) is 5.68. The molecule has 0 atom stereocenters. The predicted octanol–water partition coefficient (Wildman–Crippen LogP) is 2.75. The standard InChI is InChI=1S/C16H16N2O2S/c1-11-9-14(7-6-13(11)5-3-4-8-19)15(20)18-16-17-12(2)10-21-16/h6-7,9-10,19H,4,8H2,1-2H3,(H,17,18,20). The molecule has 0 aliphatic carbocycles. The van der Waals surface area contributed by atoms with Gasteiger partial charge in [0, 0.05) is 22.9 Å². The number of nitrogens with one attached hydrogen (secondary N) is 1. The van der Waals surface area contributed by atoms with E-state index in [9.17, 15) is 4.79 Å². The molecule has 0 radical (unpaired) electrons. The monoisotopic (exact) mass is 300 g/mol. The van der Waals surface area contributed by atoms with Gasteiger partial charge in [-0.15, -0.1) is 11.3 Å². The van der Waals surface area contributed by atoms with Gasteiger partial charge in [0.15, 0.2) is 5.13 Å². The van der Waals surface area contributed by atoms with Crippen LogP contribution in [-0.4, -0.2) is 22.6 Å². The molecule has 1 aromatic heterocycles. The Bertz CT molecular complexity index is 711. The zero-order chi connectivity index (χ0) is 15.2. The quantitative estimate of drug-likeness (QED) is 0.857. The molecular formula is C16H16N2O2S. The molecule has 2 N–H and O–H groups in total. The minimum absolute atomic E-state index is 0.0553. The lowest BCUT2D eigenvalue weighted by atomic mass is 10.0. The summed E-state index contributed by atoms with van der Waals surface area (Å²) in [6.07, 6.45) is 0.449. The Morgan fingerprint density at radius 2 is 2.24 bits per heavy atom. The second kappa shape index (κ2) is 7.02.